The number of nitrogens with two attached hydrogens (primary N) is 1. The van der Waals surface area contributed by atoms with Crippen LogP contribution < -0.4 is 10.6 Å². The topological polar surface area (TPSA) is 82.7 Å². The van der Waals surface area contributed by atoms with E-state index in [4.69, 9.17) is 10.8 Å². The maximum absolute atomic E-state index is 10.8. The second-order valence-corrected chi connectivity index (χ2v) is 5.66. The van der Waals surface area contributed by atoms with Gasteiger partial charge in [-0.05, 0) is 25.0 Å². The van der Waals surface area contributed by atoms with Crippen LogP contribution >= 0.6 is 0 Å². The first kappa shape index (κ1) is 13.2. The number of aromatic nitrogens is 1. The number of carbonyl (C=O) groups is 1. The summed E-state index contributed by atoms with van der Waals surface area (Å²) >= 11 is 0. The molecular formula is C14H20N4O2. The number of nitrogens with zero attached hydrogens (tertiary/aromatic N) is 3. The lowest BCUT2D eigenvalue weighted by atomic mass is 9.93. The molecule has 0 saturated carbocycles. The lowest BCUT2D eigenvalue weighted by Gasteiger charge is -2.45. The van der Waals surface area contributed by atoms with Crippen LogP contribution in [0.2, 0.25) is 0 Å². The normalized spacial score (nSPS) is 21.7. The fourth-order valence-corrected chi connectivity index (χ4v) is 3.01. The lowest BCUT2D eigenvalue weighted by molar-refractivity contribution is -0.148. The van der Waals surface area contributed by atoms with E-state index in [1.165, 1.54) is 0 Å². The summed E-state index contributed by atoms with van der Waals surface area (Å²) in [4.78, 5) is 19.7. The van der Waals surface area contributed by atoms with Gasteiger partial charge in [-0.3, -0.25) is 9.69 Å². The molecule has 6 nitrogen and oxygen atoms in total. The summed E-state index contributed by atoms with van der Waals surface area (Å²) in [5, 5.41) is 8.91. The van der Waals surface area contributed by atoms with Crippen LogP contribution in [0.3, 0.4) is 0 Å². The van der Waals surface area contributed by atoms with Crippen molar-refractivity contribution in [1.29, 1.82) is 0 Å². The summed E-state index contributed by atoms with van der Waals surface area (Å²) in [5.41, 5.74) is 6.33. The van der Waals surface area contributed by atoms with Crippen molar-refractivity contribution in [2.45, 2.75) is 18.9 Å². The highest BCUT2D eigenvalue weighted by atomic mass is 16.4. The molecule has 3 heterocycles. The summed E-state index contributed by atoms with van der Waals surface area (Å²) in [6, 6.07) is 4.36. The van der Waals surface area contributed by atoms with E-state index in [1.54, 1.807) is 6.20 Å². The Morgan fingerprint density at radius 1 is 1.30 bits per heavy atom. The molecular weight excluding hydrogens is 256 g/mol. The third-order valence-electron chi connectivity index (χ3n) is 4.33. The molecule has 0 bridgehead atoms. The summed E-state index contributed by atoms with van der Waals surface area (Å²) in [7, 11) is 0. The van der Waals surface area contributed by atoms with Crippen LogP contribution in [0, 0.1) is 5.92 Å². The molecule has 1 aromatic rings. The fourth-order valence-electron chi connectivity index (χ4n) is 3.01. The first-order chi connectivity index (χ1) is 9.63. The molecule has 0 spiro atoms. The molecule has 6 heteroatoms. The first-order valence-corrected chi connectivity index (χ1v) is 7.07. The highest BCUT2D eigenvalue weighted by Gasteiger charge is 2.37. The highest BCUT2D eigenvalue weighted by molar-refractivity contribution is 5.71. The Morgan fingerprint density at radius 3 is 2.55 bits per heavy atom. The first-order valence-electron chi connectivity index (χ1n) is 7.07. The Hall–Kier alpha value is -1.82. The number of hydrogen-bond donors (Lipinski definition) is 2. The van der Waals surface area contributed by atoms with Gasteiger partial charge in [-0.15, -0.1) is 0 Å². The summed E-state index contributed by atoms with van der Waals surface area (Å²) < 4.78 is 0. The number of anilines is 2. The molecule has 2 saturated heterocycles. The average Bonchev–Trinajstić information content (AvgIpc) is 2.38. The highest BCUT2D eigenvalue weighted by Crippen LogP contribution is 2.26. The molecule has 0 aliphatic carbocycles. The number of nitrogen functional groups attached to an aromatic ring is 1. The predicted octanol–water partition coefficient (Wildman–Crippen LogP) is 0.649. The minimum atomic E-state index is -0.662. The van der Waals surface area contributed by atoms with Crippen molar-refractivity contribution in [2.24, 2.45) is 5.92 Å². The van der Waals surface area contributed by atoms with Crippen LogP contribution in [0.15, 0.2) is 18.3 Å². The third-order valence-corrected chi connectivity index (χ3v) is 4.33. The lowest BCUT2D eigenvalue weighted by Crippen LogP contribution is -2.57. The Morgan fingerprint density at radius 2 is 2.00 bits per heavy atom. The van der Waals surface area contributed by atoms with Crippen LogP contribution in [0.25, 0.3) is 0 Å². The van der Waals surface area contributed by atoms with Gasteiger partial charge in [-0.2, -0.15) is 0 Å². The van der Waals surface area contributed by atoms with Gasteiger partial charge in [-0.1, -0.05) is 0 Å². The smallest absolute Gasteiger partial charge is 0.309 e. The van der Waals surface area contributed by atoms with Crippen molar-refractivity contribution in [3.63, 3.8) is 0 Å². The molecule has 0 amide bonds. The quantitative estimate of drug-likeness (QED) is 0.843. The van der Waals surface area contributed by atoms with Gasteiger partial charge in [-0.25, -0.2) is 4.98 Å². The molecule has 0 radical (unpaired) electrons. The van der Waals surface area contributed by atoms with E-state index < -0.39 is 5.97 Å². The van der Waals surface area contributed by atoms with E-state index in [1.807, 2.05) is 12.1 Å². The van der Waals surface area contributed by atoms with Crippen LogP contribution in [0.4, 0.5) is 11.5 Å². The third kappa shape index (κ3) is 2.56. The predicted molar refractivity (Wildman–Crippen MR) is 76.6 cm³/mol. The number of hydrogen-bond acceptors (Lipinski definition) is 5. The van der Waals surface area contributed by atoms with E-state index >= 15 is 0 Å². The van der Waals surface area contributed by atoms with Gasteiger partial charge in [0.2, 0.25) is 0 Å². The summed E-state index contributed by atoms with van der Waals surface area (Å²) in [6.07, 6.45) is 3.82. The molecule has 20 heavy (non-hydrogen) atoms. The molecule has 1 aromatic heterocycles. The zero-order chi connectivity index (χ0) is 14.1. The molecule has 3 rings (SSSR count). The summed E-state index contributed by atoms with van der Waals surface area (Å²) in [6.45, 7) is 3.35. The van der Waals surface area contributed by atoms with E-state index in [2.05, 4.69) is 14.8 Å². The van der Waals surface area contributed by atoms with Gasteiger partial charge < -0.3 is 15.7 Å². The zero-order valence-electron chi connectivity index (χ0n) is 11.4. The average molecular weight is 276 g/mol. The Balaban J connectivity index is 1.50. The molecule has 0 atom stereocenters. The number of pyridine rings is 1. The van der Waals surface area contributed by atoms with Gasteiger partial charge >= 0.3 is 5.97 Å². The number of carboxylic acids is 1. The Bertz CT molecular complexity index is 476. The maximum atomic E-state index is 10.8. The molecule has 3 N–H and O–H groups in total. The van der Waals surface area contributed by atoms with Gasteiger partial charge in [0, 0.05) is 32.2 Å². The number of carboxylic acid groups (broad SMARTS) is 1. The van der Waals surface area contributed by atoms with Crippen LogP contribution in [0.5, 0.6) is 0 Å². The second-order valence-electron chi connectivity index (χ2n) is 5.66. The number of aliphatic carboxylic acids is 1. The number of likely N-dealkylation sites (tertiary alicyclic amines) is 1. The van der Waals surface area contributed by atoms with Crippen LogP contribution in [-0.2, 0) is 4.79 Å². The van der Waals surface area contributed by atoms with Crippen molar-refractivity contribution < 1.29 is 9.90 Å². The maximum Gasteiger partial charge on any atom is 0.309 e. The SMILES string of the molecule is Nc1ccc(N2CCC(N3CC(C(=O)O)C3)CC2)nc1. The minimum absolute atomic E-state index is 0.160. The molecule has 108 valence electrons. The standard InChI is InChI=1S/C14H20N4O2/c15-11-1-2-13(16-7-11)17-5-3-12(4-6-17)18-8-10(9-18)14(19)20/h1-2,7,10,12H,3-6,8-9,15H2,(H,19,20). The van der Waals surface area contributed by atoms with Crippen LogP contribution in [-0.4, -0.2) is 53.2 Å². The molecule has 2 aliphatic rings. The van der Waals surface area contributed by atoms with Crippen molar-refractivity contribution >= 4 is 17.5 Å². The van der Waals surface area contributed by atoms with Crippen molar-refractivity contribution in [3.8, 4) is 0 Å². The monoisotopic (exact) mass is 276 g/mol. The van der Waals surface area contributed by atoms with Crippen molar-refractivity contribution in [3.05, 3.63) is 18.3 Å². The van der Waals surface area contributed by atoms with Gasteiger partial charge in [0.1, 0.15) is 5.82 Å². The van der Waals surface area contributed by atoms with E-state index in [0.29, 0.717) is 24.8 Å². The minimum Gasteiger partial charge on any atom is -0.481 e. The van der Waals surface area contributed by atoms with E-state index in [-0.39, 0.29) is 5.92 Å². The summed E-state index contributed by atoms with van der Waals surface area (Å²) in [5.74, 6) is 0.154. The number of rotatable bonds is 3. The molecule has 0 unspecified atom stereocenters. The largest absolute Gasteiger partial charge is 0.481 e. The van der Waals surface area contributed by atoms with Crippen LogP contribution in [0.1, 0.15) is 12.8 Å². The van der Waals surface area contributed by atoms with Crippen molar-refractivity contribution in [1.82, 2.24) is 9.88 Å². The number of piperidine rings is 1. The fraction of sp³-hybridized carbons (Fsp3) is 0.571. The van der Waals surface area contributed by atoms with Gasteiger partial charge in [0.05, 0.1) is 17.8 Å². The molecule has 0 aromatic carbocycles. The van der Waals surface area contributed by atoms with Gasteiger partial charge in [0.15, 0.2) is 0 Å². The van der Waals surface area contributed by atoms with Crippen molar-refractivity contribution in [2.75, 3.05) is 36.8 Å². The van der Waals surface area contributed by atoms with Gasteiger partial charge in [0.25, 0.3) is 0 Å². The molecule has 2 fully saturated rings. The molecule has 2 aliphatic heterocycles. The Labute approximate surface area is 118 Å². The zero-order valence-corrected chi connectivity index (χ0v) is 11.4. The van der Waals surface area contributed by atoms with E-state index in [0.717, 1.165) is 31.7 Å². The Kier molecular flexibility index (Phi) is 3.48. The van der Waals surface area contributed by atoms with E-state index in [9.17, 15) is 4.79 Å². The second kappa shape index (κ2) is 5.28.